The fourth-order valence-electron chi connectivity index (χ4n) is 4.37. The van der Waals surface area contributed by atoms with Crippen LogP contribution < -0.4 is 0 Å². The van der Waals surface area contributed by atoms with Crippen molar-refractivity contribution in [3.05, 3.63) is 119 Å². The fourth-order valence-corrected chi connectivity index (χ4v) is 4.37. The van der Waals surface area contributed by atoms with Crippen LogP contribution in [-0.2, 0) is 6.54 Å². The lowest BCUT2D eigenvalue weighted by atomic mass is 9.98. The van der Waals surface area contributed by atoms with Gasteiger partial charge in [-0.1, -0.05) is 29.8 Å². The Kier molecular flexibility index (Phi) is 5.14. The number of halogens is 1. The van der Waals surface area contributed by atoms with Crippen molar-refractivity contribution in [3.63, 3.8) is 0 Å². The molecule has 0 aliphatic rings. The van der Waals surface area contributed by atoms with Gasteiger partial charge in [-0.2, -0.15) is 0 Å². The van der Waals surface area contributed by atoms with Crippen molar-refractivity contribution in [3.8, 4) is 0 Å². The minimum Gasteiger partial charge on any atom is -0.341 e. The number of carbonyl (C=O) groups is 2. The molecule has 0 aliphatic heterocycles. The fraction of sp³-hybridized carbons (Fsp3) is 0.103. The number of aromatic nitrogens is 1. The summed E-state index contributed by atoms with van der Waals surface area (Å²) >= 11 is 0. The van der Waals surface area contributed by atoms with Crippen LogP contribution in [0.25, 0.3) is 21.8 Å². The predicted molar refractivity (Wildman–Crippen MR) is 130 cm³/mol. The molecule has 0 atom stereocenters. The highest BCUT2D eigenvalue weighted by Crippen LogP contribution is 2.32. The van der Waals surface area contributed by atoms with Gasteiger partial charge in [0, 0.05) is 50.6 Å². The third-order valence-electron chi connectivity index (χ3n) is 6.13. The Morgan fingerprint density at radius 2 is 1.09 bits per heavy atom. The van der Waals surface area contributed by atoms with Gasteiger partial charge in [0.15, 0.2) is 11.6 Å². The van der Waals surface area contributed by atoms with E-state index in [4.69, 9.17) is 0 Å². The lowest BCUT2D eigenvalue weighted by molar-refractivity contribution is 0.103. The third kappa shape index (κ3) is 3.64. The summed E-state index contributed by atoms with van der Waals surface area (Å²) in [5, 5.41) is 1.84. The standard InChI is InChI=1S/C29H22FNO2/c1-3-31-26-14-10-21(28(32)19-6-4-18(2)5-7-19)16-24(26)25-17-22(11-15-27(25)31)29(33)20-8-12-23(30)13-9-20/h4-17H,3H2,1-2H3. The van der Waals surface area contributed by atoms with Gasteiger partial charge >= 0.3 is 0 Å². The van der Waals surface area contributed by atoms with Crippen molar-refractivity contribution >= 4 is 33.4 Å². The molecule has 33 heavy (non-hydrogen) atoms. The molecule has 162 valence electrons. The molecular weight excluding hydrogens is 413 g/mol. The number of ketones is 2. The second kappa shape index (κ2) is 8.14. The smallest absolute Gasteiger partial charge is 0.193 e. The Labute approximate surface area is 191 Å². The minimum atomic E-state index is -0.376. The van der Waals surface area contributed by atoms with Crippen LogP contribution in [0.4, 0.5) is 4.39 Å². The average Bonchev–Trinajstić information content (AvgIpc) is 3.16. The first-order valence-electron chi connectivity index (χ1n) is 10.9. The highest BCUT2D eigenvalue weighted by Gasteiger charge is 2.17. The zero-order valence-electron chi connectivity index (χ0n) is 18.4. The molecule has 5 aromatic rings. The number of nitrogens with zero attached hydrogens (tertiary/aromatic N) is 1. The molecular formula is C29H22FNO2. The molecule has 4 aromatic carbocycles. The van der Waals surface area contributed by atoms with Crippen molar-refractivity contribution in [2.75, 3.05) is 0 Å². The Hall–Kier alpha value is -4.05. The number of benzene rings is 4. The Bertz CT molecular complexity index is 1410. The normalized spacial score (nSPS) is 11.2. The average molecular weight is 435 g/mol. The first-order chi connectivity index (χ1) is 16.0. The molecule has 4 heteroatoms. The lowest BCUT2D eigenvalue weighted by Gasteiger charge is -2.05. The lowest BCUT2D eigenvalue weighted by Crippen LogP contribution is -2.01. The Balaban J connectivity index is 1.65. The summed E-state index contributed by atoms with van der Waals surface area (Å²) in [6, 6.07) is 24.5. The van der Waals surface area contributed by atoms with Gasteiger partial charge in [0.05, 0.1) is 0 Å². The molecule has 0 saturated carbocycles. The van der Waals surface area contributed by atoms with Gasteiger partial charge in [0.25, 0.3) is 0 Å². The SMILES string of the molecule is CCn1c2ccc(C(=O)c3ccc(C)cc3)cc2c2cc(C(=O)c3ccc(F)cc3)ccc21. The molecule has 1 heterocycles. The molecule has 0 amide bonds. The summed E-state index contributed by atoms with van der Waals surface area (Å²) in [5.74, 6) is -0.576. The monoisotopic (exact) mass is 435 g/mol. The van der Waals surface area contributed by atoms with Crippen LogP contribution in [0.3, 0.4) is 0 Å². The van der Waals surface area contributed by atoms with Crippen LogP contribution in [-0.4, -0.2) is 16.1 Å². The van der Waals surface area contributed by atoms with Crippen molar-refractivity contribution in [2.24, 2.45) is 0 Å². The molecule has 0 fully saturated rings. The largest absolute Gasteiger partial charge is 0.341 e. The third-order valence-corrected chi connectivity index (χ3v) is 6.13. The molecule has 0 radical (unpaired) electrons. The Morgan fingerprint density at radius 1 is 0.667 bits per heavy atom. The van der Waals surface area contributed by atoms with E-state index in [1.165, 1.54) is 24.3 Å². The van der Waals surface area contributed by atoms with Crippen molar-refractivity contribution in [1.29, 1.82) is 0 Å². The van der Waals surface area contributed by atoms with Crippen LogP contribution in [0.1, 0.15) is 44.3 Å². The Morgan fingerprint density at radius 3 is 1.55 bits per heavy atom. The topological polar surface area (TPSA) is 39.1 Å². The quantitative estimate of drug-likeness (QED) is 0.287. The zero-order chi connectivity index (χ0) is 23.1. The van der Waals surface area contributed by atoms with Gasteiger partial charge in [0.1, 0.15) is 5.82 Å². The summed E-state index contributed by atoms with van der Waals surface area (Å²) in [7, 11) is 0. The number of aryl methyl sites for hydroxylation is 2. The molecule has 0 aliphatic carbocycles. The van der Waals surface area contributed by atoms with Crippen LogP contribution >= 0.6 is 0 Å². The first-order valence-corrected chi connectivity index (χ1v) is 10.9. The van der Waals surface area contributed by atoms with Crippen LogP contribution in [0.5, 0.6) is 0 Å². The molecule has 0 spiro atoms. The van der Waals surface area contributed by atoms with Gasteiger partial charge in [-0.25, -0.2) is 4.39 Å². The first kappa shape index (κ1) is 20.8. The van der Waals surface area contributed by atoms with E-state index in [1.807, 2.05) is 61.5 Å². The van der Waals surface area contributed by atoms with E-state index in [9.17, 15) is 14.0 Å². The maximum absolute atomic E-state index is 13.3. The van der Waals surface area contributed by atoms with Gasteiger partial charge in [-0.05, 0) is 74.5 Å². The maximum Gasteiger partial charge on any atom is 0.193 e. The molecule has 0 bridgehead atoms. The molecule has 3 nitrogen and oxygen atoms in total. The summed E-state index contributed by atoms with van der Waals surface area (Å²) in [5.41, 5.74) is 5.33. The summed E-state index contributed by atoms with van der Waals surface area (Å²) in [4.78, 5) is 26.1. The summed E-state index contributed by atoms with van der Waals surface area (Å²) < 4.78 is 15.5. The predicted octanol–water partition coefficient (Wildman–Crippen LogP) is 6.72. The highest BCUT2D eigenvalue weighted by molar-refractivity contribution is 6.17. The molecule has 0 N–H and O–H groups in total. The molecule has 0 saturated heterocycles. The van der Waals surface area contributed by atoms with E-state index in [-0.39, 0.29) is 17.4 Å². The van der Waals surface area contributed by atoms with E-state index in [2.05, 4.69) is 11.5 Å². The van der Waals surface area contributed by atoms with Gasteiger partial charge in [-0.15, -0.1) is 0 Å². The van der Waals surface area contributed by atoms with Crippen molar-refractivity contribution in [1.82, 2.24) is 4.57 Å². The van der Waals surface area contributed by atoms with Crippen molar-refractivity contribution < 1.29 is 14.0 Å². The van der Waals surface area contributed by atoms with Crippen LogP contribution in [0.2, 0.25) is 0 Å². The molecule has 5 rings (SSSR count). The van der Waals surface area contributed by atoms with E-state index in [1.54, 1.807) is 6.07 Å². The minimum absolute atomic E-state index is 0.0344. The van der Waals surface area contributed by atoms with Gasteiger partial charge in [0.2, 0.25) is 0 Å². The van der Waals surface area contributed by atoms with E-state index >= 15 is 0 Å². The number of hydrogen-bond acceptors (Lipinski definition) is 2. The second-order valence-corrected chi connectivity index (χ2v) is 8.24. The van der Waals surface area contributed by atoms with E-state index < -0.39 is 0 Å². The number of hydrogen-bond donors (Lipinski definition) is 0. The summed E-state index contributed by atoms with van der Waals surface area (Å²) in [6.45, 7) is 4.82. The van der Waals surface area contributed by atoms with Gasteiger partial charge in [-0.3, -0.25) is 9.59 Å². The van der Waals surface area contributed by atoms with E-state index in [0.717, 1.165) is 33.9 Å². The van der Waals surface area contributed by atoms with E-state index in [0.29, 0.717) is 22.3 Å². The molecule has 1 aromatic heterocycles. The second-order valence-electron chi connectivity index (χ2n) is 8.24. The van der Waals surface area contributed by atoms with Crippen LogP contribution in [0.15, 0.2) is 84.9 Å². The highest BCUT2D eigenvalue weighted by atomic mass is 19.1. The van der Waals surface area contributed by atoms with Crippen LogP contribution in [0, 0.1) is 12.7 Å². The maximum atomic E-state index is 13.3. The number of fused-ring (bicyclic) bond motifs is 3. The summed E-state index contributed by atoms with van der Waals surface area (Å²) in [6.07, 6.45) is 0. The van der Waals surface area contributed by atoms with Gasteiger partial charge < -0.3 is 4.57 Å². The zero-order valence-corrected chi connectivity index (χ0v) is 18.4. The number of rotatable bonds is 5. The number of carbonyl (C=O) groups excluding carboxylic acids is 2. The van der Waals surface area contributed by atoms with Crippen molar-refractivity contribution in [2.45, 2.75) is 20.4 Å². The molecule has 0 unspecified atom stereocenters.